The van der Waals surface area contributed by atoms with E-state index in [1.54, 1.807) is 48.5 Å². The van der Waals surface area contributed by atoms with E-state index in [4.69, 9.17) is 14.2 Å². The van der Waals surface area contributed by atoms with E-state index < -0.39 is 17.7 Å². The Kier molecular flexibility index (Phi) is 6.31. The Morgan fingerprint density at radius 1 is 0.939 bits per heavy atom. The van der Waals surface area contributed by atoms with Crippen LogP contribution in [0.25, 0.3) is 0 Å². The molecule has 1 unspecified atom stereocenters. The molecule has 0 bridgehead atoms. The van der Waals surface area contributed by atoms with Gasteiger partial charge in [-0.1, -0.05) is 60.7 Å². The summed E-state index contributed by atoms with van der Waals surface area (Å²) < 4.78 is 57.3. The first kappa shape index (κ1) is 22.7. The molecule has 0 radical (unpaired) electrons. The quantitative estimate of drug-likeness (QED) is 0.381. The van der Waals surface area contributed by atoms with Gasteiger partial charge in [-0.05, 0) is 36.6 Å². The lowest BCUT2D eigenvalue weighted by Gasteiger charge is -2.23. The third kappa shape index (κ3) is 4.97. The van der Waals surface area contributed by atoms with Crippen LogP contribution in [0.1, 0.15) is 35.6 Å². The first-order valence-corrected chi connectivity index (χ1v) is 10.5. The number of esters is 1. The fourth-order valence-electron chi connectivity index (χ4n) is 3.78. The molecule has 0 heterocycles. The molecule has 33 heavy (non-hydrogen) atoms. The summed E-state index contributed by atoms with van der Waals surface area (Å²) in [6.07, 6.45) is -5.19. The second-order valence-electron chi connectivity index (χ2n) is 7.94. The maximum atomic E-state index is 13.7. The second-order valence-corrected chi connectivity index (χ2v) is 7.94. The van der Waals surface area contributed by atoms with Crippen LogP contribution in [0, 0.1) is 0 Å². The van der Waals surface area contributed by atoms with E-state index in [2.05, 4.69) is 0 Å². The Balaban J connectivity index is 1.48. The molecule has 1 aliphatic carbocycles. The van der Waals surface area contributed by atoms with Gasteiger partial charge in [-0.15, -0.1) is 0 Å². The molecular weight excluding hydrogens is 433 g/mol. The minimum absolute atomic E-state index is 0.0240. The van der Waals surface area contributed by atoms with Crippen molar-refractivity contribution in [2.75, 3.05) is 7.11 Å². The molecule has 1 saturated carbocycles. The van der Waals surface area contributed by atoms with Gasteiger partial charge in [-0.25, -0.2) is 0 Å². The van der Waals surface area contributed by atoms with Crippen LogP contribution < -0.4 is 9.47 Å². The zero-order valence-corrected chi connectivity index (χ0v) is 18.0. The highest BCUT2D eigenvalue weighted by Crippen LogP contribution is 2.49. The van der Waals surface area contributed by atoms with Crippen molar-refractivity contribution in [3.8, 4) is 11.5 Å². The molecule has 172 valence electrons. The smallest absolute Gasteiger partial charge is 0.429 e. The molecule has 0 aliphatic heterocycles. The number of halogens is 3. The number of hydrogen-bond donors (Lipinski definition) is 0. The van der Waals surface area contributed by atoms with Crippen LogP contribution >= 0.6 is 0 Å². The Morgan fingerprint density at radius 3 is 2.18 bits per heavy atom. The van der Waals surface area contributed by atoms with Gasteiger partial charge in [0.2, 0.25) is 6.10 Å². The van der Waals surface area contributed by atoms with Crippen molar-refractivity contribution in [2.45, 2.75) is 37.1 Å². The van der Waals surface area contributed by atoms with E-state index in [1.165, 1.54) is 25.3 Å². The summed E-state index contributed by atoms with van der Waals surface area (Å²) >= 11 is 0. The molecule has 7 heteroatoms. The van der Waals surface area contributed by atoms with Crippen LogP contribution in [0.5, 0.6) is 11.5 Å². The topological polar surface area (TPSA) is 44.8 Å². The van der Waals surface area contributed by atoms with Crippen LogP contribution in [0.3, 0.4) is 0 Å². The van der Waals surface area contributed by atoms with Gasteiger partial charge in [0, 0.05) is 11.1 Å². The minimum Gasteiger partial charge on any atom is -0.489 e. The van der Waals surface area contributed by atoms with Crippen LogP contribution in [0.4, 0.5) is 13.2 Å². The van der Waals surface area contributed by atoms with Crippen LogP contribution in [-0.4, -0.2) is 19.3 Å². The fraction of sp³-hybridized carbons (Fsp3) is 0.269. The number of benzene rings is 3. The van der Waals surface area contributed by atoms with E-state index in [0.717, 1.165) is 18.4 Å². The number of para-hydroxylation sites is 1. The highest BCUT2D eigenvalue weighted by molar-refractivity contribution is 5.86. The van der Waals surface area contributed by atoms with Gasteiger partial charge >= 0.3 is 12.1 Å². The maximum Gasteiger partial charge on any atom is 0.429 e. The van der Waals surface area contributed by atoms with E-state index in [0.29, 0.717) is 11.3 Å². The molecule has 1 atom stereocenters. The minimum atomic E-state index is -4.58. The molecule has 1 fully saturated rings. The Labute approximate surface area is 189 Å². The summed E-state index contributed by atoms with van der Waals surface area (Å²) in [7, 11) is 1.38. The second kappa shape index (κ2) is 9.17. The predicted octanol–water partition coefficient (Wildman–Crippen LogP) is 6.15. The third-order valence-corrected chi connectivity index (χ3v) is 5.74. The number of ether oxygens (including phenoxy) is 3. The first-order chi connectivity index (χ1) is 15.8. The monoisotopic (exact) mass is 456 g/mol. The molecule has 0 amide bonds. The zero-order chi connectivity index (χ0) is 23.5. The Hall–Kier alpha value is -3.48. The van der Waals surface area contributed by atoms with Gasteiger partial charge in [0.1, 0.15) is 18.1 Å². The van der Waals surface area contributed by atoms with Crippen LogP contribution in [-0.2, 0) is 21.6 Å². The highest BCUT2D eigenvalue weighted by atomic mass is 19.4. The van der Waals surface area contributed by atoms with Crippen molar-refractivity contribution >= 4 is 5.97 Å². The number of hydrogen-bond acceptors (Lipinski definition) is 4. The molecule has 0 saturated heterocycles. The zero-order valence-electron chi connectivity index (χ0n) is 18.0. The molecule has 0 aromatic heterocycles. The Morgan fingerprint density at radius 2 is 1.58 bits per heavy atom. The SMILES string of the molecule is COC(=O)C1(c2ccc(OCc3ccccc3OC(c3ccccc3)C(F)(F)F)cc2)CC1. The molecule has 0 N–H and O–H groups in total. The lowest BCUT2D eigenvalue weighted by atomic mass is 9.96. The highest BCUT2D eigenvalue weighted by Gasteiger charge is 2.52. The average molecular weight is 456 g/mol. The summed E-state index contributed by atoms with van der Waals surface area (Å²) in [6, 6.07) is 21.1. The maximum absolute atomic E-state index is 13.7. The van der Waals surface area contributed by atoms with Crippen LogP contribution in [0.2, 0.25) is 0 Å². The average Bonchev–Trinajstić information content (AvgIpc) is 3.63. The van der Waals surface area contributed by atoms with E-state index in [9.17, 15) is 18.0 Å². The molecule has 0 spiro atoms. The van der Waals surface area contributed by atoms with E-state index in [1.807, 2.05) is 12.1 Å². The van der Waals surface area contributed by atoms with Crippen molar-refractivity contribution in [1.29, 1.82) is 0 Å². The molecular formula is C26H23F3O4. The molecule has 4 rings (SSSR count). The molecule has 4 nitrogen and oxygen atoms in total. The standard InChI is InChI=1S/C26H23F3O4/c1-31-24(30)25(15-16-25)20-11-13-21(14-12-20)32-17-19-9-5-6-10-22(19)33-23(26(27,28)29)18-7-3-2-4-8-18/h2-14,23H,15-17H2,1H3. The third-order valence-electron chi connectivity index (χ3n) is 5.74. The lowest BCUT2D eigenvalue weighted by Crippen LogP contribution is -2.26. The van der Waals surface area contributed by atoms with Crippen molar-refractivity contribution in [3.63, 3.8) is 0 Å². The van der Waals surface area contributed by atoms with E-state index >= 15 is 0 Å². The van der Waals surface area contributed by atoms with Gasteiger partial charge in [0.15, 0.2) is 0 Å². The summed E-state index contributed by atoms with van der Waals surface area (Å²) in [5.41, 5.74) is 0.801. The summed E-state index contributed by atoms with van der Waals surface area (Å²) in [4.78, 5) is 12.0. The van der Waals surface area contributed by atoms with Crippen LogP contribution in [0.15, 0.2) is 78.9 Å². The summed E-state index contributed by atoms with van der Waals surface area (Å²) in [5, 5.41) is 0. The number of carbonyl (C=O) groups excluding carboxylic acids is 1. The van der Waals surface area contributed by atoms with Gasteiger partial charge in [-0.3, -0.25) is 4.79 Å². The Bertz CT molecular complexity index is 1090. The lowest BCUT2D eigenvalue weighted by molar-refractivity contribution is -0.198. The number of alkyl halides is 3. The molecule has 3 aromatic rings. The fourth-order valence-corrected chi connectivity index (χ4v) is 3.78. The van der Waals surface area contributed by atoms with Gasteiger partial charge in [0.25, 0.3) is 0 Å². The van der Waals surface area contributed by atoms with Gasteiger partial charge in [-0.2, -0.15) is 13.2 Å². The predicted molar refractivity (Wildman–Crippen MR) is 116 cm³/mol. The van der Waals surface area contributed by atoms with Gasteiger partial charge < -0.3 is 14.2 Å². The van der Waals surface area contributed by atoms with E-state index in [-0.39, 0.29) is 23.9 Å². The normalized spacial score (nSPS) is 15.4. The summed E-state index contributed by atoms with van der Waals surface area (Å²) in [5.74, 6) is 0.382. The number of rotatable bonds is 8. The first-order valence-electron chi connectivity index (χ1n) is 10.5. The summed E-state index contributed by atoms with van der Waals surface area (Å²) in [6.45, 7) is 0.0248. The molecule has 1 aliphatic rings. The largest absolute Gasteiger partial charge is 0.489 e. The van der Waals surface area contributed by atoms with Crippen molar-refractivity contribution in [1.82, 2.24) is 0 Å². The number of methoxy groups -OCH3 is 1. The van der Waals surface area contributed by atoms with Crippen molar-refractivity contribution in [2.24, 2.45) is 0 Å². The van der Waals surface area contributed by atoms with Crippen molar-refractivity contribution < 1.29 is 32.2 Å². The van der Waals surface area contributed by atoms with Gasteiger partial charge in [0.05, 0.1) is 12.5 Å². The number of carbonyl (C=O) groups is 1. The van der Waals surface area contributed by atoms with Crippen molar-refractivity contribution in [3.05, 3.63) is 95.6 Å². The molecule has 3 aromatic carbocycles.